The molecule has 1 amide bonds. The molecule has 0 saturated heterocycles. The van der Waals surface area contributed by atoms with Crippen molar-refractivity contribution in [1.29, 1.82) is 0 Å². The average Bonchev–Trinajstić information content (AvgIpc) is 2.99. The first-order valence-corrected chi connectivity index (χ1v) is 7.87. The number of ether oxygens (including phenoxy) is 1. The number of hydrogen-bond acceptors (Lipinski definition) is 6. The number of fused-ring (bicyclic) bond motifs is 1. The van der Waals surface area contributed by atoms with Crippen molar-refractivity contribution < 1.29 is 19.4 Å². The van der Waals surface area contributed by atoms with Crippen molar-refractivity contribution in [1.82, 2.24) is 14.7 Å². The van der Waals surface area contributed by atoms with E-state index >= 15 is 0 Å². The summed E-state index contributed by atoms with van der Waals surface area (Å²) in [4.78, 5) is 26.0. The van der Waals surface area contributed by atoms with Crippen LogP contribution in [0.2, 0.25) is 0 Å². The maximum atomic E-state index is 12.7. The lowest BCUT2D eigenvalue weighted by Crippen LogP contribution is -2.47. The molecule has 0 aromatic carbocycles. The van der Waals surface area contributed by atoms with Crippen LogP contribution >= 0.6 is 0 Å². The predicted molar refractivity (Wildman–Crippen MR) is 80.3 cm³/mol. The van der Waals surface area contributed by atoms with Crippen molar-refractivity contribution in [2.75, 3.05) is 13.7 Å². The molecular formula is C15H22N4O4. The lowest BCUT2D eigenvalue weighted by molar-refractivity contribution is -0.139. The van der Waals surface area contributed by atoms with Gasteiger partial charge in [0.25, 0.3) is 0 Å². The molecule has 8 nitrogen and oxygen atoms in total. The highest BCUT2D eigenvalue weighted by Gasteiger charge is 2.34. The van der Waals surface area contributed by atoms with Gasteiger partial charge in [-0.25, -0.2) is 4.79 Å². The zero-order chi connectivity index (χ0) is 16.6. The minimum Gasteiger partial charge on any atom is -0.464 e. The second-order valence-electron chi connectivity index (χ2n) is 6.24. The molecule has 3 rings (SSSR count). The first kappa shape index (κ1) is 15.9. The molecule has 126 valence electrons. The van der Waals surface area contributed by atoms with Gasteiger partial charge in [-0.2, -0.15) is 5.10 Å². The number of amides is 1. The number of aliphatic hydroxyl groups is 1. The third kappa shape index (κ3) is 3.09. The zero-order valence-corrected chi connectivity index (χ0v) is 13.1. The van der Waals surface area contributed by atoms with Gasteiger partial charge in [0.1, 0.15) is 0 Å². The van der Waals surface area contributed by atoms with Gasteiger partial charge in [0.2, 0.25) is 5.91 Å². The van der Waals surface area contributed by atoms with E-state index in [1.807, 2.05) is 0 Å². The third-order valence-corrected chi connectivity index (χ3v) is 4.72. The highest BCUT2D eigenvalue weighted by atomic mass is 16.5. The molecule has 3 atom stereocenters. The minimum absolute atomic E-state index is 0.0689. The summed E-state index contributed by atoms with van der Waals surface area (Å²) in [7, 11) is 1.32. The molecule has 0 spiro atoms. The molecule has 0 bridgehead atoms. The summed E-state index contributed by atoms with van der Waals surface area (Å²) in [6.07, 6.45) is 1.24. The fraction of sp³-hybridized carbons (Fsp3) is 0.667. The van der Waals surface area contributed by atoms with Crippen molar-refractivity contribution in [2.24, 2.45) is 11.7 Å². The van der Waals surface area contributed by atoms with Gasteiger partial charge in [0.05, 0.1) is 32.0 Å². The molecule has 1 saturated carbocycles. The van der Waals surface area contributed by atoms with E-state index in [0.29, 0.717) is 38.9 Å². The van der Waals surface area contributed by atoms with Crippen LogP contribution in [0, 0.1) is 5.92 Å². The summed E-state index contributed by atoms with van der Waals surface area (Å²) in [5, 5.41) is 13.9. The molecule has 1 fully saturated rings. The van der Waals surface area contributed by atoms with Gasteiger partial charge in [0, 0.05) is 18.5 Å². The average molecular weight is 322 g/mol. The first-order valence-electron chi connectivity index (χ1n) is 7.87. The highest BCUT2D eigenvalue weighted by molar-refractivity contribution is 5.87. The Kier molecular flexibility index (Phi) is 4.36. The van der Waals surface area contributed by atoms with Crippen molar-refractivity contribution in [3.05, 3.63) is 17.5 Å². The predicted octanol–water partition coefficient (Wildman–Crippen LogP) is -0.500. The molecule has 8 heteroatoms. The van der Waals surface area contributed by atoms with E-state index in [0.717, 1.165) is 5.69 Å². The molecular weight excluding hydrogens is 300 g/mol. The fourth-order valence-electron chi connectivity index (χ4n) is 3.33. The van der Waals surface area contributed by atoms with E-state index in [1.165, 1.54) is 7.11 Å². The Bertz CT molecular complexity index is 615. The normalized spacial score (nSPS) is 27.4. The van der Waals surface area contributed by atoms with Gasteiger partial charge in [-0.1, -0.05) is 0 Å². The van der Waals surface area contributed by atoms with Gasteiger partial charge in [-0.15, -0.1) is 0 Å². The summed E-state index contributed by atoms with van der Waals surface area (Å²) in [5.74, 6) is -0.542. The SMILES string of the molecule is COC(=O)c1cc2n(n1)CCN(C(=O)[C@H]1CC[C@@H](O)[C@H](N)C1)C2. The van der Waals surface area contributed by atoms with Crippen molar-refractivity contribution in [2.45, 2.75) is 44.5 Å². The Morgan fingerprint density at radius 3 is 2.87 bits per heavy atom. The maximum Gasteiger partial charge on any atom is 0.358 e. The van der Waals surface area contributed by atoms with E-state index in [2.05, 4.69) is 9.84 Å². The smallest absolute Gasteiger partial charge is 0.358 e. The molecule has 2 aliphatic rings. The number of methoxy groups -OCH3 is 1. The summed E-state index contributed by atoms with van der Waals surface area (Å²) in [6.45, 7) is 1.54. The standard InChI is InChI=1S/C15H22N4O4/c1-23-15(22)12-7-10-8-18(4-5-19(10)17-12)14(21)9-2-3-13(20)11(16)6-9/h7,9,11,13,20H,2-6,8,16H2,1H3/t9-,11+,13+/m0/s1. The van der Waals surface area contributed by atoms with E-state index < -0.39 is 12.1 Å². The lowest BCUT2D eigenvalue weighted by Gasteiger charge is -2.35. The zero-order valence-electron chi connectivity index (χ0n) is 13.1. The Balaban J connectivity index is 1.68. The Labute approximate surface area is 134 Å². The van der Waals surface area contributed by atoms with E-state index in [1.54, 1.807) is 15.6 Å². The summed E-state index contributed by atoms with van der Waals surface area (Å²) < 4.78 is 6.41. The van der Waals surface area contributed by atoms with Crippen LogP contribution in [-0.4, -0.2) is 57.5 Å². The van der Waals surface area contributed by atoms with Crippen LogP contribution in [0.15, 0.2) is 6.07 Å². The molecule has 0 radical (unpaired) electrons. The van der Waals surface area contributed by atoms with Crippen LogP contribution in [0.5, 0.6) is 0 Å². The molecule has 1 aliphatic heterocycles. The van der Waals surface area contributed by atoms with Crippen LogP contribution in [0.1, 0.15) is 35.4 Å². The topological polar surface area (TPSA) is 111 Å². The highest BCUT2D eigenvalue weighted by Crippen LogP contribution is 2.27. The van der Waals surface area contributed by atoms with Crippen LogP contribution in [0.4, 0.5) is 0 Å². The summed E-state index contributed by atoms with van der Waals surface area (Å²) in [6, 6.07) is 1.33. The summed E-state index contributed by atoms with van der Waals surface area (Å²) in [5.41, 5.74) is 6.97. The number of carbonyl (C=O) groups is 2. The Hall–Kier alpha value is -1.93. The maximum absolute atomic E-state index is 12.7. The van der Waals surface area contributed by atoms with Gasteiger partial charge >= 0.3 is 5.97 Å². The third-order valence-electron chi connectivity index (χ3n) is 4.72. The van der Waals surface area contributed by atoms with E-state index in [4.69, 9.17) is 5.73 Å². The largest absolute Gasteiger partial charge is 0.464 e. The molecule has 1 aromatic heterocycles. The first-order chi connectivity index (χ1) is 11.0. The van der Waals surface area contributed by atoms with Gasteiger partial charge in [0.15, 0.2) is 5.69 Å². The van der Waals surface area contributed by atoms with Crippen molar-refractivity contribution >= 4 is 11.9 Å². The lowest BCUT2D eigenvalue weighted by atomic mass is 9.83. The number of esters is 1. The number of aromatic nitrogens is 2. The molecule has 1 aliphatic carbocycles. The number of aliphatic hydroxyl groups excluding tert-OH is 1. The Morgan fingerprint density at radius 1 is 1.39 bits per heavy atom. The fourth-order valence-corrected chi connectivity index (χ4v) is 3.33. The number of carbonyl (C=O) groups excluding carboxylic acids is 2. The molecule has 23 heavy (non-hydrogen) atoms. The van der Waals surface area contributed by atoms with Gasteiger partial charge in [-0.05, 0) is 25.3 Å². The second kappa shape index (κ2) is 6.29. The monoisotopic (exact) mass is 322 g/mol. The van der Waals surface area contributed by atoms with Crippen LogP contribution in [0.3, 0.4) is 0 Å². The molecule has 0 unspecified atom stereocenters. The van der Waals surface area contributed by atoms with Gasteiger partial charge < -0.3 is 20.5 Å². The number of nitrogens with two attached hydrogens (primary N) is 1. The molecule has 1 aromatic rings. The molecule has 2 heterocycles. The number of nitrogens with zero attached hydrogens (tertiary/aromatic N) is 3. The van der Waals surface area contributed by atoms with Crippen molar-refractivity contribution in [3.8, 4) is 0 Å². The quantitative estimate of drug-likeness (QED) is 0.710. The van der Waals surface area contributed by atoms with E-state index in [-0.39, 0.29) is 23.6 Å². The van der Waals surface area contributed by atoms with Crippen molar-refractivity contribution in [3.63, 3.8) is 0 Å². The van der Waals surface area contributed by atoms with Crippen LogP contribution < -0.4 is 5.73 Å². The number of hydrogen-bond donors (Lipinski definition) is 2. The Morgan fingerprint density at radius 2 is 2.17 bits per heavy atom. The van der Waals surface area contributed by atoms with Gasteiger partial charge in [-0.3, -0.25) is 9.48 Å². The molecule has 3 N–H and O–H groups in total. The summed E-state index contributed by atoms with van der Waals surface area (Å²) >= 11 is 0. The second-order valence-corrected chi connectivity index (χ2v) is 6.24. The number of rotatable bonds is 2. The van der Waals surface area contributed by atoms with Crippen LogP contribution in [-0.2, 0) is 22.6 Å². The van der Waals surface area contributed by atoms with Crippen LogP contribution in [0.25, 0.3) is 0 Å². The van der Waals surface area contributed by atoms with E-state index in [9.17, 15) is 14.7 Å². The minimum atomic E-state index is -0.510.